The molecule has 0 bridgehead atoms. The number of ether oxygens (including phenoxy) is 4. The van der Waals surface area contributed by atoms with E-state index in [1.54, 1.807) is 60.7 Å². The quantitative estimate of drug-likeness (QED) is 0.253. The lowest BCUT2D eigenvalue weighted by Gasteiger charge is -2.16. The molecule has 0 amide bonds. The van der Waals surface area contributed by atoms with E-state index >= 15 is 0 Å². The Bertz CT molecular complexity index is 1360. The van der Waals surface area contributed by atoms with Gasteiger partial charge >= 0.3 is 0 Å². The average molecular weight is 541 g/mol. The molecule has 10 heteroatoms. The summed E-state index contributed by atoms with van der Waals surface area (Å²) >= 11 is 0. The lowest BCUT2D eigenvalue weighted by molar-refractivity contribution is 0.203. The van der Waals surface area contributed by atoms with Gasteiger partial charge in [0.15, 0.2) is 23.0 Å². The van der Waals surface area contributed by atoms with Crippen LogP contribution in [0.2, 0.25) is 0 Å². The van der Waals surface area contributed by atoms with Gasteiger partial charge in [-0.2, -0.15) is 20.5 Å². The van der Waals surface area contributed by atoms with Crippen molar-refractivity contribution in [2.24, 2.45) is 20.5 Å². The number of nitrogens with zero attached hydrogens (tertiary/aromatic N) is 4. The second-order valence-electron chi connectivity index (χ2n) is 8.80. The lowest BCUT2D eigenvalue weighted by atomic mass is 10.2. The maximum absolute atomic E-state index is 9.43. The molecule has 4 aromatic carbocycles. The van der Waals surface area contributed by atoms with Crippen molar-refractivity contribution in [2.75, 3.05) is 26.4 Å². The van der Waals surface area contributed by atoms with Gasteiger partial charge in [-0.1, -0.05) is 0 Å². The molecule has 1 aliphatic heterocycles. The molecule has 5 rings (SSSR count). The first-order valence-corrected chi connectivity index (χ1v) is 12.8. The highest BCUT2D eigenvalue weighted by Crippen LogP contribution is 2.35. The molecule has 10 nitrogen and oxygen atoms in total. The van der Waals surface area contributed by atoms with E-state index in [-0.39, 0.29) is 11.5 Å². The molecule has 2 N–H and O–H groups in total. The van der Waals surface area contributed by atoms with Gasteiger partial charge in [0.05, 0.1) is 49.2 Å². The van der Waals surface area contributed by atoms with Crippen LogP contribution >= 0.6 is 0 Å². The Hall–Kier alpha value is -5.12. The van der Waals surface area contributed by atoms with Crippen molar-refractivity contribution in [1.29, 1.82) is 0 Å². The number of benzene rings is 4. The minimum absolute atomic E-state index is 0.172. The zero-order valence-electron chi connectivity index (χ0n) is 21.6. The third kappa shape index (κ3) is 7.47. The number of hydrogen-bond donors (Lipinski definition) is 2. The molecule has 0 radical (unpaired) electrons. The summed E-state index contributed by atoms with van der Waals surface area (Å²) in [7, 11) is 0. The summed E-state index contributed by atoms with van der Waals surface area (Å²) in [5.74, 6) is 2.71. The Morgan fingerprint density at radius 3 is 1.12 bits per heavy atom. The maximum Gasteiger partial charge on any atom is 0.163 e. The molecule has 0 saturated carbocycles. The van der Waals surface area contributed by atoms with Crippen LogP contribution in [0.25, 0.3) is 0 Å². The van der Waals surface area contributed by atoms with Crippen molar-refractivity contribution in [3.05, 3.63) is 84.9 Å². The molecule has 0 atom stereocenters. The molecule has 0 unspecified atom stereocenters. The first-order valence-electron chi connectivity index (χ1n) is 12.8. The van der Waals surface area contributed by atoms with Crippen LogP contribution in [0, 0.1) is 0 Å². The van der Waals surface area contributed by atoms with Crippen LogP contribution in [0.5, 0.6) is 34.5 Å². The molecular weight excluding hydrogens is 512 g/mol. The number of phenols is 2. The molecule has 204 valence electrons. The van der Waals surface area contributed by atoms with Gasteiger partial charge in [-0.25, -0.2) is 0 Å². The number of rotatable bonds is 4. The van der Waals surface area contributed by atoms with Crippen molar-refractivity contribution in [1.82, 2.24) is 0 Å². The number of phenolic OH excluding ortho intramolecular Hbond substituents is 2. The van der Waals surface area contributed by atoms with Crippen LogP contribution in [0.1, 0.15) is 12.8 Å². The predicted molar refractivity (Wildman–Crippen MR) is 149 cm³/mol. The lowest BCUT2D eigenvalue weighted by Crippen LogP contribution is -2.10. The normalized spacial score (nSPS) is 14.2. The molecule has 1 aliphatic rings. The molecule has 40 heavy (non-hydrogen) atoms. The average Bonchev–Trinajstić information content (AvgIpc) is 2.97. The van der Waals surface area contributed by atoms with Gasteiger partial charge in [-0.05, 0) is 72.8 Å². The van der Waals surface area contributed by atoms with E-state index in [1.807, 2.05) is 24.3 Å². The fourth-order valence-corrected chi connectivity index (χ4v) is 3.70. The first-order chi connectivity index (χ1) is 19.6. The zero-order chi connectivity index (χ0) is 27.6. The summed E-state index contributed by atoms with van der Waals surface area (Å²) in [4.78, 5) is 0. The van der Waals surface area contributed by atoms with E-state index in [0.717, 1.165) is 0 Å². The molecule has 0 spiro atoms. The maximum atomic E-state index is 9.43. The van der Waals surface area contributed by atoms with Gasteiger partial charge in [-0.3, -0.25) is 0 Å². The number of azo groups is 2. The number of fused-ring (bicyclic) bond motifs is 2. The standard InChI is InChI=1S/C30H28N4O6/c35-25-9-3-21(4-10-25)31-33-23-7-13-27-29(19-23)39-17-2-18-40-30-20-24(8-14-28(30)38-16-1-15-37-27)34-32-22-5-11-26(36)12-6-22/h3-14,19-20,35-36H,1-2,15-18H2. The van der Waals surface area contributed by atoms with Gasteiger partial charge in [-0.15, -0.1) is 0 Å². The second kappa shape index (κ2) is 13.1. The van der Waals surface area contributed by atoms with E-state index in [4.69, 9.17) is 18.9 Å². The summed E-state index contributed by atoms with van der Waals surface area (Å²) in [6.07, 6.45) is 1.25. The number of aromatic hydroxyl groups is 2. The molecule has 1 heterocycles. The fraction of sp³-hybridized carbons (Fsp3) is 0.200. The largest absolute Gasteiger partial charge is 0.508 e. The first kappa shape index (κ1) is 26.5. The van der Waals surface area contributed by atoms with Crippen LogP contribution in [0.3, 0.4) is 0 Å². The Morgan fingerprint density at radius 2 is 0.725 bits per heavy atom. The minimum atomic E-state index is 0.172. The summed E-state index contributed by atoms with van der Waals surface area (Å²) in [5.41, 5.74) is 2.47. The Morgan fingerprint density at radius 1 is 0.400 bits per heavy atom. The smallest absolute Gasteiger partial charge is 0.163 e. The van der Waals surface area contributed by atoms with Crippen molar-refractivity contribution in [2.45, 2.75) is 12.8 Å². The summed E-state index contributed by atoms with van der Waals surface area (Å²) in [5, 5.41) is 35.8. The third-order valence-electron chi connectivity index (χ3n) is 5.72. The van der Waals surface area contributed by atoms with Crippen LogP contribution in [-0.4, -0.2) is 36.6 Å². The Kier molecular flexibility index (Phi) is 8.67. The monoisotopic (exact) mass is 540 g/mol. The van der Waals surface area contributed by atoms with E-state index in [2.05, 4.69) is 20.5 Å². The highest BCUT2D eigenvalue weighted by Gasteiger charge is 2.11. The minimum Gasteiger partial charge on any atom is -0.508 e. The fourth-order valence-electron chi connectivity index (χ4n) is 3.70. The summed E-state index contributed by atoms with van der Waals surface area (Å²) < 4.78 is 24.0. The Balaban J connectivity index is 1.24. The van der Waals surface area contributed by atoms with E-state index in [9.17, 15) is 10.2 Å². The molecule has 0 saturated heterocycles. The van der Waals surface area contributed by atoms with Crippen molar-refractivity contribution in [3.63, 3.8) is 0 Å². The molecule has 0 aliphatic carbocycles. The topological polar surface area (TPSA) is 127 Å². The van der Waals surface area contributed by atoms with Crippen LogP contribution in [0.15, 0.2) is 105 Å². The number of hydrogen-bond acceptors (Lipinski definition) is 10. The molecule has 0 fully saturated rings. The van der Waals surface area contributed by atoms with Crippen molar-refractivity contribution in [3.8, 4) is 34.5 Å². The SMILES string of the molecule is Oc1ccc(N=Nc2ccc3c(c2)OCCCOc2cc(N=Nc4ccc(O)cc4)ccc2OCCCO3)cc1. The highest BCUT2D eigenvalue weighted by atomic mass is 16.5. The predicted octanol–water partition coefficient (Wildman–Crippen LogP) is 7.94. The van der Waals surface area contributed by atoms with Gasteiger partial charge in [0.2, 0.25) is 0 Å². The van der Waals surface area contributed by atoms with E-state index in [1.165, 1.54) is 0 Å². The molecule has 4 aromatic rings. The summed E-state index contributed by atoms with van der Waals surface area (Å²) in [6, 6.07) is 23.8. The van der Waals surface area contributed by atoms with Gasteiger partial charge in [0.1, 0.15) is 11.5 Å². The van der Waals surface area contributed by atoms with Crippen LogP contribution < -0.4 is 18.9 Å². The Labute approximate surface area is 231 Å². The van der Waals surface area contributed by atoms with E-state index in [0.29, 0.717) is 85.0 Å². The van der Waals surface area contributed by atoms with Crippen LogP contribution in [0.4, 0.5) is 22.7 Å². The van der Waals surface area contributed by atoms with Crippen LogP contribution in [-0.2, 0) is 0 Å². The van der Waals surface area contributed by atoms with Gasteiger partial charge in [0.25, 0.3) is 0 Å². The van der Waals surface area contributed by atoms with Gasteiger partial charge < -0.3 is 29.2 Å². The second-order valence-corrected chi connectivity index (χ2v) is 8.80. The van der Waals surface area contributed by atoms with Crippen molar-refractivity contribution < 1.29 is 29.2 Å². The van der Waals surface area contributed by atoms with Crippen molar-refractivity contribution >= 4 is 22.7 Å². The van der Waals surface area contributed by atoms with Gasteiger partial charge in [0, 0.05) is 25.0 Å². The summed E-state index contributed by atoms with van der Waals surface area (Å²) in [6.45, 7) is 1.65. The molecular formula is C30H28N4O6. The van der Waals surface area contributed by atoms with E-state index < -0.39 is 0 Å². The third-order valence-corrected chi connectivity index (χ3v) is 5.72. The zero-order valence-corrected chi connectivity index (χ0v) is 21.6. The highest BCUT2D eigenvalue weighted by molar-refractivity contribution is 5.53. The molecule has 0 aromatic heterocycles.